The van der Waals surface area contributed by atoms with Gasteiger partial charge in [0.25, 0.3) is 0 Å². The molecule has 200 valence electrons. The van der Waals surface area contributed by atoms with E-state index in [-0.39, 0.29) is 23.7 Å². The second-order valence-electron chi connectivity index (χ2n) is 7.70. The molecule has 3 aromatic carbocycles. The average Bonchev–Trinajstić information content (AvgIpc) is 2.82. The number of nitrogens with two attached hydrogens (primary N) is 1. The van der Waals surface area contributed by atoms with Gasteiger partial charge in [0.05, 0.1) is 20.4 Å². The number of ether oxygens (including phenoxy) is 1. The summed E-state index contributed by atoms with van der Waals surface area (Å²) in [5.41, 5.74) is 7.02. The minimum Gasteiger partial charge on any atom is -0.506 e. The van der Waals surface area contributed by atoms with Gasteiger partial charge in [-0.3, -0.25) is 4.79 Å². The fourth-order valence-electron chi connectivity index (χ4n) is 2.95. The van der Waals surface area contributed by atoms with E-state index in [1.807, 2.05) is 12.1 Å². The van der Waals surface area contributed by atoms with Gasteiger partial charge in [-0.25, -0.2) is 0 Å². The molecule has 8 N–H and O–H groups in total. The van der Waals surface area contributed by atoms with E-state index in [1.54, 1.807) is 25.2 Å². The Balaban J connectivity index is 0.000000312. The number of aliphatic hydroxyl groups excluding tert-OH is 1. The highest BCUT2D eigenvalue weighted by molar-refractivity contribution is 14.1. The van der Waals surface area contributed by atoms with Crippen molar-refractivity contribution in [2.75, 3.05) is 13.6 Å². The molecule has 0 amide bonds. The SMILES string of the molecule is CNC[C@H](O)c1ccc(O)c(O)c1.N[C@@H](Cc1cc(I)c(Oc2cc(I)c(O)c(I)c2)c(I)c1)C(=O)O. The van der Waals surface area contributed by atoms with Crippen molar-refractivity contribution in [1.82, 2.24) is 5.32 Å². The molecule has 0 aliphatic rings. The first-order chi connectivity index (χ1) is 17.3. The Bertz CT molecular complexity index is 1210. The van der Waals surface area contributed by atoms with E-state index in [2.05, 4.69) is 95.7 Å². The van der Waals surface area contributed by atoms with Gasteiger partial charge < -0.3 is 41.3 Å². The zero-order valence-corrected chi connectivity index (χ0v) is 27.9. The number of phenols is 3. The van der Waals surface area contributed by atoms with Gasteiger partial charge >= 0.3 is 5.97 Å². The maximum Gasteiger partial charge on any atom is 0.320 e. The molecule has 0 heterocycles. The molecule has 3 aromatic rings. The minimum absolute atomic E-state index is 0.180. The molecular weight excluding hydrogens is 936 g/mol. The number of carboxylic acids is 1. The summed E-state index contributed by atoms with van der Waals surface area (Å²) in [7, 11) is 1.73. The predicted molar refractivity (Wildman–Crippen MR) is 173 cm³/mol. The van der Waals surface area contributed by atoms with E-state index in [9.17, 15) is 15.0 Å². The number of carbonyl (C=O) groups is 1. The van der Waals surface area contributed by atoms with Gasteiger partial charge in [0.2, 0.25) is 0 Å². The Hall–Kier alpha value is -0.870. The van der Waals surface area contributed by atoms with Crippen molar-refractivity contribution < 1.29 is 35.1 Å². The van der Waals surface area contributed by atoms with Gasteiger partial charge in [0, 0.05) is 6.54 Å². The van der Waals surface area contributed by atoms with Gasteiger partial charge in [-0.05, 0) is 151 Å². The lowest BCUT2D eigenvalue weighted by molar-refractivity contribution is -0.138. The number of rotatable bonds is 8. The van der Waals surface area contributed by atoms with Gasteiger partial charge in [-0.1, -0.05) is 6.07 Å². The summed E-state index contributed by atoms with van der Waals surface area (Å²) in [6, 6.07) is 10.6. The zero-order chi connectivity index (χ0) is 27.9. The third-order valence-corrected chi connectivity index (χ3v) is 8.07. The maximum absolute atomic E-state index is 10.9. The highest BCUT2D eigenvalue weighted by Gasteiger charge is 2.17. The number of carboxylic acid groups (broad SMARTS) is 1. The molecule has 0 fully saturated rings. The highest BCUT2D eigenvalue weighted by Crippen LogP contribution is 2.37. The lowest BCUT2D eigenvalue weighted by Crippen LogP contribution is -2.32. The van der Waals surface area contributed by atoms with E-state index in [0.29, 0.717) is 30.7 Å². The van der Waals surface area contributed by atoms with Crippen LogP contribution in [0.3, 0.4) is 0 Å². The molecule has 0 unspecified atom stereocenters. The number of halogens is 4. The van der Waals surface area contributed by atoms with Gasteiger partial charge in [-0.2, -0.15) is 0 Å². The zero-order valence-electron chi connectivity index (χ0n) is 19.3. The molecule has 0 saturated heterocycles. The van der Waals surface area contributed by atoms with Gasteiger partial charge in [-0.15, -0.1) is 0 Å². The summed E-state index contributed by atoms with van der Waals surface area (Å²) < 4.78 is 9.14. The van der Waals surface area contributed by atoms with Crippen LogP contribution in [0.2, 0.25) is 0 Å². The summed E-state index contributed by atoms with van der Waals surface area (Å²) in [6.45, 7) is 0.407. The van der Waals surface area contributed by atoms with E-state index in [0.717, 1.165) is 12.7 Å². The third-order valence-electron chi connectivity index (χ3n) is 4.82. The number of aliphatic hydroxyl groups is 1. The van der Waals surface area contributed by atoms with Crippen LogP contribution < -0.4 is 15.8 Å². The van der Waals surface area contributed by atoms with Crippen molar-refractivity contribution in [3.8, 4) is 28.7 Å². The molecule has 0 aliphatic carbocycles. The van der Waals surface area contributed by atoms with Gasteiger partial charge in [0.15, 0.2) is 17.2 Å². The number of aromatic hydroxyl groups is 3. The molecule has 0 radical (unpaired) electrons. The second-order valence-corrected chi connectivity index (χ2v) is 12.3. The summed E-state index contributed by atoms with van der Waals surface area (Å²) in [5.74, 6) is 0.154. The molecule has 0 aromatic heterocycles. The Labute approximate surface area is 268 Å². The molecule has 3 rings (SSSR count). The van der Waals surface area contributed by atoms with Crippen molar-refractivity contribution >= 4 is 96.3 Å². The Morgan fingerprint density at radius 2 is 1.51 bits per heavy atom. The van der Waals surface area contributed by atoms with Crippen molar-refractivity contribution in [2.24, 2.45) is 5.73 Å². The summed E-state index contributed by atoms with van der Waals surface area (Å²) in [5, 5.41) is 49.2. The average molecular weight is 960 g/mol. The predicted octanol–water partition coefficient (Wildman–Crippen LogP) is 4.91. The molecule has 0 aliphatic heterocycles. The first kappa shape index (κ1) is 32.3. The molecule has 2 atom stereocenters. The molecule has 37 heavy (non-hydrogen) atoms. The number of benzene rings is 3. The topological polar surface area (TPSA) is 165 Å². The lowest BCUT2D eigenvalue weighted by Gasteiger charge is -2.14. The number of likely N-dealkylation sites (N-methyl/N-ethyl adjacent to an activating group) is 1. The maximum atomic E-state index is 10.9. The quantitative estimate of drug-likeness (QED) is 0.123. The van der Waals surface area contributed by atoms with Crippen LogP contribution in [-0.4, -0.2) is 51.1 Å². The smallest absolute Gasteiger partial charge is 0.320 e. The Kier molecular flexibility index (Phi) is 13.2. The number of phenolic OH excluding ortho intramolecular Hbond substituents is 3. The second kappa shape index (κ2) is 15.1. The molecule has 13 heteroatoms. The standard InChI is InChI=1S/C15H11I4NO4.C9H13NO3/c16-8-4-7(5-9(17)13(8)21)24-14-10(18)1-6(2-11(14)19)3-12(20)15(22)23;1-10-5-9(13)6-2-3-7(11)8(12)4-6/h1-2,4-5,12,21H,3,20H2,(H,22,23);2-4,9-13H,5H2,1H3/t12-;9-/m00/s1. The van der Waals surface area contributed by atoms with Crippen LogP contribution >= 0.6 is 90.4 Å². The van der Waals surface area contributed by atoms with Crippen molar-refractivity contribution in [1.29, 1.82) is 0 Å². The van der Waals surface area contributed by atoms with Crippen molar-refractivity contribution in [3.63, 3.8) is 0 Å². The van der Waals surface area contributed by atoms with E-state index >= 15 is 0 Å². The largest absolute Gasteiger partial charge is 0.506 e. The molecule has 0 saturated carbocycles. The van der Waals surface area contributed by atoms with Crippen LogP contribution in [0.25, 0.3) is 0 Å². The summed E-state index contributed by atoms with van der Waals surface area (Å²) in [6.07, 6.45) is -0.409. The lowest BCUT2D eigenvalue weighted by atomic mass is 10.1. The summed E-state index contributed by atoms with van der Waals surface area (Å²) >= 11 is 8.42. The molecule has 0 spiro atoms. The first-order valence-corrected chi connectivity index (χ1v) is 14.8. The third kappa shape index (κ3) is 9.67. The molecular formula is C24H24I4N2O7. The molecule has 9 nitrogen and oxygen atoms in total. The highest BCUT2D eigenvalue weighted by atomic mass is 127. The van der Waals surface area contributed by atoms with E-state index in [1.165, 1.54) is 12.1 Å². The fourth-order valence-corrected chi connectivity index (χ4v) is 6.78. The number of hydrogen-bond donors (Lipinski definition) is 7. The van der Waals surface area contributed by atoms with Crippen LogP contribution in [0, 0.1) is 14.3 Å². The van der Waals surface area contributed by atoms with Crippen LogP contribution in [0.15, 0.2) is 42.5 Å². The normalized spacial score (nSPS) is 12.3. The van der Waals surface area contributed by atoms with Crippen LogP contribution in [0.4, 0.5) is 0 Å². The van der Waals surface area contributed by atoms with Crippen LogP contribution in [0.5, 0.6) is 28.7 Å². The Morgan fingerprint density at radius 1 is 0.946 bits per heavy atom. The summed E-state index contributed by atoms with van der Waals surface area (Å²) in [4.78, 5) is 10.9. The monoisotopic (exact) mass is 960 g/mol. The van der Waals surface area contributed by atoms with Crippen LogP contribution in [0.1, 0.15) is 17.2 Å². The Morgan fingerprint density at radius 3 is 2.00 bits per heavy atom. The number of aliphatic carboxylic acids is 1. The first-order valence-electron chi connectivity index (χ1n) is 10.5. The van der Waals surface area contributed by atoms with Crippen molar-refractivity contribution in [3.05, 3.63) is 67.9 Å². The fraction of sp³-hybridized carbons (Fsp3) is 0.208. The van der Waals surface area contributed by atoms with Crippen LogP contribution in [-0.2, 0) is 11.2 Å². The molecule has 0 bridgehead atoms. The minimum atomic E-state index is -1.02. The van der Waals surface area contributed by atoms with E-state index < -0.39 is 18.1 Å². The number of hydrogen-bond acceptors (Lipinski definition) is 8. The number of nitrogens with one attached hydrogen (secondary N) is 1. The van der Waals surface area contributed by atoms with E-state index in [4.69, 9.17) is 25.8 Å². The van der Waals surface area contributed by atoms with Gasteiger partial charge in [0.1, 0.15) is 17.5 Å². The van der Waals surface area contributed by atoms with Crippen molar-refractivity contribution in [2.45, 2.75) is 18.6 Å².